The Morgan fingerprint density at radius 1 is 1.26 bits per heavy atom. The first kappa shape index (κ1) is 14.8. The van der Waals surface area contributed by atoms with Gasteiger partial charge in [0.25, 0.3) is 5.89 Å². The summed E-state index contributed by atoms with van der Waals surface area (Å²) >= 11 is 1.89. The van der Waals surface area contributed by atoms with Gasteiger partial charge >= 0.3 is 0 Å². The lowest BCUT2D eigenvalue weighted by atomic mass is 10.3. The highest BCUT2D eigenvalue weighted by atomic mass is 32.2. The molecule has 0 radical (unpaired) electrons. The van der Waals surface area contributed by atoms with E-state index in [4.69, 9.17) is 8.83 Å². The smallest absolute Gasteiger partial charge is 0.283 e. The zero-order chi connectivity index (χ0) is 15.6. The third-order valence-corrected chi connectivity index (χ3v) is 5.14. The fourth-order valence-corrected chi connectivity index (χ4v) is 3.73. The van der Waals surface area contributed by atoms with E-state index in [9.17, 15) is 0 Å². The van der Waals surface area contributed by atoms with Crippen molar-refractivity contribution in [2.75, 3.05) is 32.7 Å². The van der Waals surface area contributed by atoms with Crippen molar-refractivity contribution in [2.45, 2.75) is 18.7 Å². The van der Waals surface area contributed by atoms with Crippen LogP contribution in [0, 0.1) is 0 Å². The predicted octanol–water partition coefficient (Wildman–Crippen LogP) is 1.94. The summed E-state index contributed by atoms with van der Waals surface area (Å²) in [7, 11) is 0. The fraction of sp³-hybridized carbons (Fsp3) is 0.533. The van der Waals surface area contributed by atoms with E-state index in [2.05, 4.69) is 31.9 Å². The molecule has 4 rings (SSSR count). The molecule has 2 aromatic rings. The van der Waals surface area contributed by atoms with Crippen LogP contribution in [0.3, 0.4) is 0 Å². The largest absolute Gasteiger partial charge is 0.459 e. The van der Waals surface area contributed by atoms with Gasteiger partial charge in [-0.1, -0.05) is 18.7 Å². The number of hydrogen-bond acceptors (Lipinski definition) is 8. The molecule has 2 aliphatic heterocycles. The van der Waals surface area contributed by atoms with Gasteiger partial charge in [-0.05, 0) is 12.1 Å². The summed E-state index contributed by atoms with van der Waals surface area (Å²) in [5, 5.41) is 9.97. The standard InChI is InChI=1S/C15H19N5O2S/c1-11-9-16-15(23-11)20-6-4-19(5-7-20)10-13-17-18-14(22-13)12-3-2-8-21-12/h2-3,8,11H,4-7,9-10H2,1H3/t11-/m0/s1. The molecule has 23 heavy (non-hydrogen) atoms. The first-order chi connectivity index (χ1) is 11.3. The van der Waals surface area contributed by atoms with E-state index in [1.165, 1.54) is 5.17 Å². The average molecular weight is 333 g/mol. The molecule has 2 aliphatic rings. The van der Waals surface area contributed by atoms with Crippen molar-refractivity contribution in [3.63, 3.8) is 0 Å². The SMILES string of the molecule is C[C@H]1CN=C(N2CCN(Cc3nnc(-c4ccco4)o3)CC2)S1. The van der Waals surface area contributed by atoms with Crippen molar-refractivity contribution in [2.24, 2.45) is 4.99 Å². The zero-order valence-corrected chi connectivity index (χ0v) is 13.8. The molecular weight excluding hydrogens is 314 g/mol. The molecule has 0 unspecified atom stereocenters. The van der Waals surface area contributed by atoms with E-state index >= 15 is 0 Å². The highest BCUT2D eigenvalue weighted by Crippen LogP contribution is 2.24. The van der Waals surface area contributed by atoms with Gasteiger partial charge in [-0.15, -0.1) is 10.2 Å². The summed E-state index contributed by atoms with van der Waals surface area (Å²) in [6, 6.07) is 3.63. The minimum absolute atomic E-state index is 0.439. The molecule has 0 bridgehead atoms. The normalized spacial score (nSPS) is 22.6. The molecule has 1 saturated heterocycles. The van der Waals surface area contributed by atoms with Crippen LogP contribution in [0.25, 0.3) is 11.7 Å². The molecule has 0 spiro atoms. The van der Waals surface area contributed by atoms with E-state index < -0.39 is 0 Å². The number of nitrogens with zero attached hydrogens (tertiary/aromatic N) is 5. The van der Waals surface area contributed by atoms with Crippen molar-refractivity contribution in [1.29, 1.82) is 0 Å². The van der Waals surface area contributed by atoms with Crippen LogP contribution in [0.5, 0.6) is 0 Å². The van der Waals surface area contributed by atoms with Crippen molar-refractivity contribution < 1.29 is 8.83 Å². The highest BCUT2D eigenvalue weighted by molar-refractivity contribution is 8.14. The lowest BCUT2D eigenvalue weighted by Gasteiger charge is -2.34. The van der Waals surface area contributed by atoms with E-state index in [0.29, 0.717) is 29.3 Å². The summed E-state index contributed by atoms with van der Waals surface area (Å²) in [6.45, 7) is 7.80. The van der Waals surface area contributed by atoms with Crippen molar-refractivity contribution >= 4 is 16.9 Å². The van der Waals surface area contributed by atoms with Crippen LogP contribution in [0.1, 0.15) is 12.8 Å². The molecule has 1 fully saturated rings. The number of rotatable bonds is 3. The Balaban J connectivity index is 1.31. The Bertz CT molecular complexity index is 676. The molecule has 122 valence electrons. The maximum Gasteiger partial charge on any atom is 0.283 e. The van der Waals surface area contributed by atoms with Crippen molar-refractivity contribution in [3.05, 3.63) is 24.3 Å². The molecule has 0 aliphatic carbocycles. The van der Waals surface area contributed by atoms with E-state index in [1.54, 1.807) is 6.26 Å². The van der Waals surface area contributed by atoms with Crippen LogP contribution in [-0.4, -0.2) is 63.1 Å². The molecule has 8 heteroatoms. The summed E-state index contributed by atoms with van der Waals surface area (Å²) < 4.78 is 10.9. The number of hydrogen-bond donors (Lipinski definition) is 0. The summed E-state index contributed by atoms with van der Waals surface area (Å²) in [5.41, 5.74) is 0. The second kappa shape index (κ2) is 6.37. The molecule has 2 aromatic heterocycles. The molecule has 0 saturated carbocycles. The quantitative estimate of drug-likeness (QED) is 0.850. The van der Waals surface area contributed by atoms with Crippen LogP contribution in [0.4, 0.5) is 0 Å². The number of furan rings is 1. The maximum absolute atomic E-state index is 5.67. The number of aliphatic imine (C=N–C) groups is 1. The Kier molecular flexibility index (Phi) is 4.09. The number of amidine groups is 1. The van der Waals surface area contributed by atoms with Gasteiger partial charge in [0.1, 0.15) is 0 Å². The Morgan fingerprint density at radius 3 is 2.83 bits per heavy atom. The topological polar surface area (TPSA) is 70.9 Å². The number of piperazine rings is 1. The molecule has 4 heterocycles. The van der Waals surface area contributed by atoms with Crippen LogP contribution in [-0.2, 0) is 6.54 Å². The minimum atomic E-state index is 0.439. The molecule has 1 atom stereocenters. The zero-order valence-electron chi connectivity index (χ0n) is 13.0. The molecule has 7 nitrogen and oxygen atoms in total. The Labute approximate surface area is 138 Å². The molecule has 0 amide bonds. The predicted molar refractivity (Wildman–Crippen MR) is 88.2 cm³/mol. The maximum atomic E-state index is 5.67. The Hall–Kier alpha value is -1.80. The third kappa shape index (κ3) is 3.28. The van der Waals surface area contributed by atoms with Gasteiger partial charge in [0.2, 0.25) is 5.89 Å². The van der Waals surface area contributed by atoms with Crippen LogP contribution < -0.4 is 0 Å². The van der Waals surface area contributed by atoms with Crippen LogP contribution in [0.15, 0.2) is 32.2 Å². The molecule has 0 aromatic carbocycles. The number of thioether (sulfide) groups is 1. The average Bonchev–Trinajstić information content (AvgIpc) is 3.28. The third-order valence-electron chi connectivity index (χ3n) is 3.99. The van der Waals surface area contributed by atoms with Crippen molar-refractivity contribution in [1.82, 2.24) is 20.0 Å². The van der Waals surface area contributed by atoms with Gasteiger partial charge in [0.05, 0.1) is 19.4 Å². The van der Waals surface area contributed by atoms with Gasteiger partial charge in [0, 0.05) is 31.4 Å². The van der Waals surface area contributed by atoms with Gasteiger partial charge in [-0.2, -0.15) is 0 Å². The number of aromatic nitrogens is 2. The first-order valence-corrected chi connectivity index (χ1v) is 8.70. The lowest BCUT2D eigenvalue weighted by Crippen LogP contribution is -2.47. The van der Waals surface area contributed by atoms with Crippen LogP contribution >= 0.6 is 11.8 Å². The van der Waals surface area contributed by atoms with E-state index in [-0.39, 0.29) is 0 Å². The summed E-state index contributed by atoms with van der Waals surface area (Å²) in [6.07, 6.45) is 1.60. The van der Waals surface area contributed by atoms with Crippen LogP contribution in [0.2, 0.25) is 0 Å². The monoisotopic (exact) mass is 333 g/mol. The van der Waals surface area contributed by atoms with Crippen molar-refractivity contribution in [3.8, 4) is 11.7 Å². The molecule has 0 N–H and O–H groups in total. The fourth-order valence-electron chi connectivity index (χ4n) is 2.74. The van der Waals surface area contributed by atoms with Gasteiger partial charge in [-0.25, -0.2) is 0 Å². The minimum Gasteiger partial charge on any atom is -0.459 e. The molecular formula is C15H19N5O2S. The Morgan fingerprint density at radius 2 is 2.13 bits per heavy atom. The van der Waals surface area contributed by atoms with E-state index in [0.717, 1.165) is 32.7 Å². The van der Waals surface area contributed by atoms with Gasteiger partial charge in [0.15, 0.2) is 10.9 Å². The summed E-state index contributed by atoms with van der Waals surface area (Å²) in [4.78, 5) is 9.33. The second-order valence-electron chi connectivity index (χ2n) is 5.79. The van der Waals surface area contributed by atoms with Gasteiger partial charge in [-0.3, -0.25) is 9.89 Å². The van der Waals surface area contributed by atoms with Gasteiger partial charge < -0.3 is 13.7 Å². The first-order valence-electron chi connectivity index (χ1n) is 7.82. The highest BCUT2D eigenvalue weighted by Gasteiger charge is 2.25. The summed E-state index contributed by atoms with van der Waals surface area (Å²) in [5.74, 6) is 1.68. The second-order valence-corrected chi connectivity index (χ2v) is 7.20. The lowest BCUT2D eigenvalue weighted by molar-refractivity contribution is 0.164. The van der Waals surface area contributed by atoms with E-state index in [1.807, 2.05) is 23.9 Å².